The molecule has 1 unspecified atom stereocenters. The Bertz CT molecular complexity index is 1000. The first-order chi connectivity index (χ1) is 12.5. The number of anilines is 2. The molecule has 1 aromatic heterocycles. The molecule has 4 rings (SSSR count). The molecule has 0 spiro atoms. The number of H-pyrrole nitrogens is 1. The quantitative estimate of drug-likeness (QED) is 0.686. The summed E-state index contributed by atoms with van der Waals surface area (Å²) in [5, 5.41) is 10.7. The van der Waals surface area contributed by atoms with Crippen molar-refractivity contribution in [2.24, 2.45) is 5.92 Å². The highest BCUT2D eigenvalue weighted by atomic mass is 79.9. The number of aromatic nitrogens is 2. The molecule has 132 valence electrons. The van der Waals surface area contributed by atoms with Crippen LogP contribution in [-0.4, -0.2) is 28.6 Å². The summed E-state index contributed by atoms with van der Waals surface area (Å²) in [5.74, 6) is -0.762. The van der Waals surface area contributed by atoms with Crippen molar-refractivity contribution in [1.29, 1.82) is 0 Å². The van der Waals surface area contributed by atoms with Gasteiger partial charge in [0.2, 0.25) is 11.8 Å². The van der Waals surface area contributed by atoms with E-state index in [0.717, 1.165) is 15.4 Å². The molecule has 2 aromatic carbocycles. The van der Waals surface area contributed by atoms with Crippen molar-refractivity contribution in [3.05, 3.63) is 52.8 Å². The molecule has 26 heavy (non-hydrogen) atoms. The topological polar surface area (TPSA) is 78.1 Å². The van der Waals surface area contributed by atoms with Crippen molar-refractivity contribution in [1.82, 2.24) is 10.2 Å². The van der Waals surface area contributed by atoms with Gasteiger partial charge in [0.05, 0.1) is 11.4 Å². The Morgan fingerprint density at radius 3 is 2.81 bits per heavy atom. The second-order valence-corrected chi connectivity index (χ2v) is 7.05. The summed E-state index contributed by atoms with van der Waals surface area (Å²) in [6, 6.07) is 11.1. The highest BCUT2D eigenvalue weighted by Crippen LogP contribution is 2.31. The predicted molar refractivity (Wildman–Crippen MR) is 99.3 cm³/mol. The zero-order valence-electron chi connectivity index (χ0n) is 13.5. The van der Waals surface area contributed by atoms with E-state index in [9.17, 15) is 14.0 Å². The number of carbonyl (C=O) groups excluding carboxylic acids is 2. The lowest BCUT2D eigenvalue weighted by molar-refractivity contribution is -0.122. The lowest BCUT2D eigenvalue weighted by Gasteiger charge is -2.14. The summed E-state index contributed by atoms with van der Waals surface area (Å²) in [4.78, 5) is 26.4. The Labute approximate surface area is 156 Å². The van der Waals surface area contributed by atoms with Gasteiger partial charge in [-0.2, -0.15) is 5.10 Å². The largest absolute Gasteiger partial charge is 0.326 e. The molecule has 0 bridgehead atoms. The number of rotatable bonds is 3. The van der Waals surface area contributed by atoms with Crippen LogP contribution < -0.4 is 10.2 Å². The number of nitrogens with zero attached hydrogens (tertiary/aromatic N) is 2. The van der Waals surface area contributed by atoms with E-state index in [-0.39, 0.29) is 30.6 Å². The first kappa shape index (κ1) is 16.7. The van der Waals surface area contributed by atoms with Gasteiger partial charge in [-0.15, -0.1) is 0 Å². The van der Waals surface area contributed by atoms with Gasteiger partial charge < -0.3 is 5.32 Å². The van der Waals surface area contributed by atoms with Gasteiger partial charge in [-0.25, -0.2) is 4.39 Å². The average Bonchev–Trinajstić information content (AvgIpc) is 3.19. The number of aromatic amines is 1. The van der Waals surface area contributed by atoms with E-state index in [1.165, 1.54) is 29.2 Å². The molecule has 0 saturated carbocycles. The number of halogens is 2. The lowest BCUT2D eigenvalue weighted by Crippen LogP contribution is -2.28. The van der Waals surface area contributed by atoms with E-state index in [0.29, 0.717) is 11.5 Å². The van der Waals surface area contributed by atoms with Crippen molar-refractivity contribution in [3.8, 4) is 0 Å². The van der Waals surface area contributed by atoms with E-state index in [2.05, 4.69) is 31.4 Å². The molecule has 2 N–H and O–H groups in total. The van der Waals surface area contributed by atoms with E-state index >= 15 is 0 Å². The van der Waals surface area contributed by atoms with Crippen molar-refractivity contribution in [2.45, 2.75) is 6.42 Å². The maximum atomic E-state index is 13.0. The molecule has 1 fully saturated rings. The number of carbonyl (C=O) groups is 2. The normalized spacial score (nSPS) is 17.1. The third kappa shape index (κ3) is 3.08. The van der Waals surface area contributed by atoms with Crippen molar-refractivity contribution in [2.75, 3.05) is 16.8 Å². The number of fused-ring (bicyclic) bond motifs is 1. The second kappa shape index (κ2) is 6.53. The number of benzene rings is 2. The van der Waals surface area contributed by atoms with E-state index in [1.807, 2.05) is 18.2 Å². The molecule has 1 aliphatic rings. The molecule has 1 atom stereocenters. The zero-order valence-corrected chi connectivity index (χ0v) is 15.1. The van der Waals surface area contributed by atoms with Crippen LogP contribution in [0.5, 0.6) is 0 Å². The fourth-order valence-electron chi connectivity index (χ4n) is 3.05. The lowest BCUT2D eigenvalue weighted by atomic mass is 10.1. The van der Waals surface area contributed by atoms with Gasteiger partial charge >= 0.3 is 0 Å². The molecule has 1 aliphatic heterocycles. The third-order valence-corrected chi connectivity index (χ3v) is 4.86. The summed E-state index contributed by atoms with van der Waals surface area (Å²) >= 11 is 3.40. The average molecular weight is 417 g/mol. The maximum absolute atomic E-state index is 13.0. The van der Waals surface area contributed by atoms with Crippen LogP contribution in [-0.2, 0) is 9.59 Å². The first-order valence-corrected chi connectivity index (χ1v) is 8.81. The third-order valence-electron chi connectivity index (χ3n) is 4.37. The van der Waals surface area contributed by atoms with Crippen molar-refractivity contribution >= 4 is 50.2 Å². The van der Waals surface area contributed by atoms with Crippen LogP contribution in [0.15, 0.2) is 46.9 Å². The molecule has 2 amide bonds. The predicted octanol–water partition coefficient (Wildman–Crippen LogP) is 3.46. The summed E-state index contributed by atoms with van der Waals surface area (Å²) < 4.78 is 13.9. The number of hydrogen-bond acceptors (Lipinski definition) is 3. The molecule has 0 aliphatic carbocycles. The minimum absolute atomic E-state index is 0.109. The first-order valence-electron chi connectivity index (χ1n) is 8.01. The molecular weight excluding hydrogens is 403 g/mol. The van der Waals surface area contributed by atoms with Crippen LogP contribution in [0, 0.1) is 11.7 Å². The summed E-state index contributed by atoms with van der Waals surface area (Å²) in [6.07, 6.45) is 0.109. The SMILES string of the molecule is O=C(Nc1ccc(F)cc1)C1CC(=O)N(c2n[nH]c3cc(Br)ccc23)C1. The highest BCUT2D eigenvalue weighted by molar-refractivity contribution is 9.10. The molecule has 0 radical (unpaired) electrons. The highest BCUT2D eigenvalue weighted by Gasteiger charge is 2.36. The Balaban J connectivity index is 1.52. The van der Waals surface area contributed by atoms with Gasteiger partial charge in [0.25, 0.3) is 0 Å². The van der Waals surface area contributed by atoms with E-state index < -0.39 is 5.92 Å². The van der Waals surface area contributed by atoms with Crippen LogP contribution in [0.2, 0.25) is 0 Å². The Morgan fingerprint density at radius 1 is 1.27 bits per heavy atom. The van der Waals surface area contributed by atoms with Gasteiger partial charge in [0.1, 0.15) is 5.82 Å². The standard InChI is InChI=1S/C18H14BrFN4O2/c19-11-1-6-14-15(8-11)22-23-17(14)24-9-10(7-16(24)25)18(26)21-13-4-2-12(20)3-5-13/h1-6,8,10H,7,9H2,(H,21,26)(H,22,23). The van der Waals surface area contributed by atoms with Crippen LogP contribution in [0.1, 0.15) is 6.42 Å². The summed E-state index contributed by atoms with van der Waals surface area (Å²) in [5.41, 5.74) is 1.30. The molecule has 6 nitrogen and oxygen atoms in total. The van der Waals surface area contributed by atoms with Gasteiger partial charge in [-0.1, -0.05) is 15.9 Å². The molecule has 2 heterocycles. The number of amides is 2. The van der Waals surface area contributed by atoms with Crippen LogP contribution in [0.3, 0.4) is 0 Å². The summed E-state index contributed by atoms with van der Waals surface area (Å²) in [7, 11) is 0. The summed E-state index contributed by atoms with van der Waals surface area (Å²) in [6.45, 7) is 0.252. The fourth-order valence-corrected chi connectivity index (χ4v) is 3.41. The molecule has 3 aromatic rings. The van der Waals surface area contributed by atoms with E-state index in [1.54, 1.807) is 0 Å². The fraction of sp³-hybridized carbons (Fsp3) is 0.167. The molecule has 1 saturated heterocycles. The zero-order chi connectivity index (χ0) is 18.3. The second-order valence-electron chi connectivity index (χ2n) is 6.14. The van der Waals surface area contributed by atoms with Gasteiger partial charge in [-0.3, -0.25) is 19.6 Å². The van der Waals surface area contributed by atoms with E-state index in [4.69, 9.17) is 0 Å². The van der Waals surface area contributed by atoms with Gasteiger partial charge in [0.15, 0.2) is 5.82 Å². The minimum atomic E-state index is -0.491. The molecular formula is C18H14BrFN4O2. The maximum Gasteiger partial charge on any atom is 0.229 e. The van der Waals surface area contributed by atoms with Crippen LogP contribution >= 0.6 is 15.9 Å². The van der Waals surface area contributed by atoms with Gasteiger partial charge in [0, 0.05) is 28.5 Å². The smallest absolute Gasteiger partial charge is 0.229 e. The Morgan fingerprint density at radius 2 is 2.04 bits per heavy atom. The van der Waals surface area contributed by atoms with Crippen molar-refractivity contribution in [3.63, 3.8) is 0 Å². The number of nitrogens with one attached hydrogen (secondary N) is 2. The number of hydrogen-bond donors (Lipinski definition) is 2. The van der Waals surface area contributed by atoms with Crippen LogP contribution in [0.25, 0.3) is 10.9 Å². The monoisotopic (exact) mass is 416 g/mol. The molecule has 8 heteroatoms. The minimum Gasteiger partial charge on any atom is -0.326 e. The van der Waals surface area contributed by atoms with Gasteiger partial charge in [-0.05, 0) is 42.5 Å². The van der Waals surface area contributed by atoms with Crippen molar-refractivity contribution < 1.29 is 14.0 Å². The van der Waals surface area contributed by atoms with Crippen LogP contribution in [0.4, 0.5) is 15.9 Å². The Hall–Kier alpha value is -2.74. The Kier molecular flexibility index (Phi) is 4.20.